The number of aryl methyl sites for hydroxylation is 2. The largest absolute Gasteiger partial charge is 0.456 e. The van der Waals surface area contributed by atoms with Crippen molar-refractivity contribution in [1.82, 2.24) is 17.9 Å². The Morgan fingerprint density at radius 3 is 1.02 bits per heavy atom. The Balaban J connectivity index is 0.0000000965. The Bertz CT molecular complexity index is 8210. The van der Waals surface area contributed by atoms with Gasteiger partial charge in [-0.2, -0.15) is 4.57 Å². The van der Waals surface area contributed by atoms with Gasteiger partial charge in [-0.15, -0.1) is 10.2 Å². The summed E-state index contributed by atoms with van der Waals surface area (Å²) >= 11 is 0. The molecule has 0 aliphatic carbocycles. The summed E-state index contributed by atoms with van der Waals surface area (Å²) < 4.78 is 58.7. The molecular weight excluding hydrogens is 1370 g/mol. The maximum absolute atomic E-state index is 8.49. The lowest BCUT2D eigenvalue weighted by Gasteiger charge is -2.20. The molecule has 0 aliphatic rings. The van der Waals surface area contributed by atoms with Crippen LogP contribution in [0.2, 0.25) is 0 Å². The molecule has 9 aromatic heterocycles. The van der Waals surface area contributed by atoms with Gasteiger partial charge < -0.3 is 22.2 Å². The molecule has 11 nitrogen and oxygen atoms in total. The van der Waals surface area contributed by atoms with Crippen LogP contribution in [0.3, 0.4) is 0 Å². The van der Waals surface area contributed by atoms with E-state index in [9.17, 15) is 0 Å². The van der Waals surface area contributed by atoms with Gasteiger partial charge in [0.1, 0.15) is 33.4 Å². The van der Waals surface area contributed by atoms with Crippen molar-refractivity contribution >= 4 is 228 Å². The Kier molecular flexibility index (Phi) is 12.8. The van der Waals surface area contributed by atoms with Crippen LogP contribution in [0, 0.1) is 10.2 Å². The maximum Gasteiger partial charge on any atom is 0.286 e. The quantitative estimate of drug-likeness (QED) is 0.0910. The van der Waals surface area contributed by atoms with E-state index in [1.807, 2.05) is 12.1 Å². The lowest BCUT2D eigenvalue weighted by atomic mass is 9.88. The van der Waals surface area contributed by atoms with Gasteiger partial charge in [0.15, 0.2) is 0 Å². The first-order chi connectivity index (χ1) is 53.5. The summed E-state index contributed by atoms with van der Waals surface area (Å²) in [6.45, 7) is 0. The van der Waals surface area contributed by atoms with Gasteiger partial charge in [-0.3, -0.25) is 0 Å². The third-order valence-corrected chi connectivity index (χ3v) is 23.3. The highest BCUT2D eigenvalue weighted by molar-refractivity contribution is 6.45. The van der Waals surface area contributed by atoms with E-state index in [0.717, 1.165) is 33.5 Å². The predicted molar refractivity (Wildman–Crippen MR) is 438 cm³/mol. The van der Waals surface area contributed by atoms with Crippen LogP contribution in [0.1, 0.15) is 0 Å². The van der Waals surface area contributed by atoms with Crippen molar-refractivity contribution < 1.29 is 42.3 Å². The van der Waals surface area contributed by atoms with Gasteiger partial charge in [-0.25, -0.2) is 23.2 Å². The Labute approximate surface area is 620 Å². The van der Waals surface area contributed by atoms with E-state index in [-0.39, 0.29) is 0 Å². The minimum absolute atomic E-state index is 0.913. The minimum Gasteiger partial charge on any atom is -0.456 e. The molecule has 0 aliphatic heterocycles. The van der Waals surface area contributed by atoms with Crippen LogP contribution in [0.25, 0.3) is 234 Å². The van der Waals surface area contributed by atoms with Gasteiger partial charge in [0.2, 0.25) is 0 Å². The first kappa shape index (κ1) is 61.7. The standard InChI is InChI=1S/C38H20N2.C32H21N2O.C27H17NO.ClHO4/c1-3-17-29-21(9-1)23-11-5-15-27-33-25-14-8-20-32-36(25)34(26-13-7-19-31(35(26)33)39(29)37(23)27)28-16-6-12-24-22-10-2-4-18-30(22)40(32)38(24)28;1-33-19-7-6-18-28(33)34-24-14-4-2-10-20(24)29-23-13-9-17-27-32(23)30(21-11-3-5-16-26(21)35-27)22-12-8-15-25(34)31(22)29;1-28-20-12-4-2-8-16(20)24-19-11-7-15-23-27(19)25(17-9-3-5-14-22(17)29-23)18-10-6-13-21(28)26(18)24;2-1(3,4)5/h1-20H;2-19H,1H3;2-15H,1H3;(H,2,3,4,5)/q;+1;;/p-1. The molecule has 17 aromatic carbocycles. The zero-order valence-corrected chi connectivity index (χ0v) is 59.3. The van der Waals surface area contributed by atoms with Crippen LogP contribution in [0.4, 0.5) is 0 Å². The molecule has 12 heteroatoms. The van der Waals surface area contributed by atoms with Gasteiger partial charge in [0.25, 0.3) is 5.82 Å². The van der Waals surface area contributed by atoms with Crippen LogP contribution in [0.15, 0.2) is 324 Å². The van der Waals surface area contributed by atoms with E-state index in [4.69, 9.17) is 27.5 Å². The van der Waals surface area contributed by atoms with Crippen LogP contribution < -0.4 is 23.2 Å². The molecule has 0 amide bonds. The summed E-state index contributed by atoms with van der Waals surface area (Å²) in [6, 6.07) is 112. The number of nitrogens with zero attached hydrogens (tertiary/aromatic N) is 5. The molecule has 0 N–H and O–H groups in total. The number of aromatic nitrogens is 5. The fraction of sp³-hybridized carbons (Fsp3) is 0.0206. The summed E-state index contributed by atoms with van der Waals surface area (Å²) in [6.07, 6.45) is 2.11. The van der Waals surface area contributed by atoms with Crippen molar-refractivity contribution in [2.24, 2.45) is 14.1 Å². The fourth-order valence-corrected chi connectivity index (χ4v) is 19.3. The molecule has 514 valence electrons. The Morgan fingerprint density at radius 2 is 0.532 bits per heavy atom. The van der Waals surface area contributed by atoms with Crippen molar-refractivity contribution in [2.45, 2.75) is 0 Å². The average molecular weight is 1430 g/mol. The number of benzene rings is 17. The van der Waals surface area contributed by atoms with E-state index in [2.05, 4.69) is 340 Å². The van der Waals surface area contributed by atoms with Crippen LogP contribution in [-0.4, -0.2) is 17.9 Å². The molecule has 0 bridgehead atoms. The van der Waals surface area contributed by atoms with E-state index in [1.54, 1.807) is 0 Å². The minimum atomic E-state index is -4.94. The van der Waals surface area contributed by atoms with Gasteiger partial charge in [-0.1, -0.05) is 224 Å². The maximum atomic E-state index is 8.49. The summed E-state index contributed by atoms with van der Waals surface area (Å²) in [4.78, 5) is 0. The number of rotatable bonds is 1. The third-order valence-electron chi connectivity index (χ3n) is 23.3. The number of pyridine rings is 5. The summed E-state index contributed by atoms with van der Waals surface area (Å²) in [5.74, 6) is 1.13. The van der Waals surface area contributed by atoms with Crippen LogP contribution >= 0.6 is 0 Å². The van der Waals surface area contributed by atoms with Crippen LogP contribution in [0.5, 0.6) is 0 Å². The molecular formula is C97H58ClN5O6. The van der Waals surface area contributed by atoms with Crippen LogP contribution in [-0.2, 0) is 14.1 Å². The molecule has 0 atom stereocenters. The van der Waals surface area contributed by atoms with Gasteiger partial charge >= 0.3 is 0 Å². The van der Waals surface area contributed by atoms with Crippen molar-refractivity contribution in [3.05, 3.63) is 316 Å². The van der Waals surface area contributed by atoms with Crippen molar-refractivity contribution in [3.8, 4) is 5.82 Å². The number of fused-ring (bicyclic) bond motifs is 24. The summed E-state index contributed by atoms with van der Waals surface area (Å²) in [7, 11) is -0.669. The number of hydrogen-bond acceptors (Lipinski definition) is 6. The molecule has 26 rings (SSSR count). The highest BCUT2D eigenvalue weighted by atomic mass is 35.7. The van der Waals surface area contributed by atoms with E-state index < -0.39 is 10.2 Å². The molecule has 0 spiro atoms. The lowest BCUT2D eigenvalue weighted by molar-refractivity contribution is -2.00. The zero-order valence-electron chi connectivity index (χ0n) is 58.6. The second kappa shape index (κ2) is 22.7. The Morgan fingerprint density at radius 1 is 0.239 bits per heavy atom. The molecule has 0 saturated heterocycles. The van der Waals surface area contributed by atoms with Gasteiger partial charge in [-0.05, 0) is 111 Å². The molecule has 0 fully saturated rings. The fourth-order valence-electron chi connectivity index (χ4n) is 19.3. The number of para-hydroxylation sites is 8. The molecule has 0 unspecified atom stereocenters. The first-order valence-electron chi connectivity index (χ1n) is 36.5. The average Bonchev–Trinajstić information content (AvgIpc) is 1.67. The molecule has 0 saturated carbocycles. The van der Waals surface area contributed by atoms with Crippen molar-refractivity contribution in [3.63, 3.8) is 0 Å². The molecule has 109 heavy (non-hydrogen) atoms. The van der Waals surface area contributed by atoms with E-state index in [0.29, 0.717) is 0 Å². The van der Waals surface area contributed by atoms with Crippen molar-refractivity contribution in [2.75, 3.05) is 0 Å². The SMILES string of the molecule is C[n+]1ccccc1-n1c2ccccc2c2c3cccc4oc5ccccc5c(c5cccc1c52)c43.Cn1c2ccccc2c2c3cccc4oc5ccccc5c(c5cccc1c52)c43.[O-][Cl+3]([O-])([O-])[O-].c1ccc2c(c1)c1cccc3c4c5cccc6c5c(c5cccc(c54)n2c13)c1cccc2c3ccccc3n6c21. The Hall–Kier alpha value is -13.6. The van der Waals surface area contributed by atoms with E-state index in [1.165, 1.54) is 201 Å². The first-order valence-corrected chi connectivity index (χ1v) is 37.7. The lowest BCUT2D eigenvalue weighted by Crippen LogP contribution is -2.68. The normalized spacial score (nSPS) is 12.5. The molecule has 26 aromatic rings. The van der Waals surface area contributed by atoms with Crippen molar-refractivity contribution in [1.29, 1.82) is 0 Å². The number of hydrogen-bond donors (Lipinski definition) is 0. The number of halogens is 1. The smallest absolute Gasteiger partial charge is 0.286 e. The summed E-state index contributed by atoms with van der Waals surface area (Å²) in [5, 5.41) is 36.0. The second-order valence-electron chi connectivity index (χ2n) is 28.7. The van der Waals surface area contributed by atoms with E-state index >= 15 is 0 Å². The summed E-state index contributed by atoms with van der Waals surface area (Å²) in [5.41, 5.74) is 16.3. The highest BCUT2D eigenvalue weighted by Gasteiger charge is 2.28. The molecule has 9 heterocycles. The zero-order chi connectivity index (χ0) is 72.4. The van der Waals surface area contributed by atoms with Gasteiger partial charge in [0, 0.05) is 143 Å². The van der Waals surface area contributed by atoms with Gasteiger partial charge in [0.05, 0.1) is 46.3 Å². The highest BCUT2D eigenvalue weighted by Crippen LogP contribution is 2.52. The second-order valence-corrected chi connectivity index (χ2v) is 29.4. The topological polar surface area (TPSA) is 141 Å². The monoisotopic (exact) mass is 1420 g/mol. The molecule has 0 radical (unpaired) electrons. The predicted octanol–water partition coefficient (Wildman–Crippen LogP) is 20.9. The third kappa shape index (κ3) is 8.52.